The van der Waals surface area contributed by atoms with E-state index in [1.165, 1.54) is 24.3 Å². The first-order valence-corrected chi connectivity index (χ1v) is 6.36. The lowest BCUT2D eigenvalue weighted by Gasteiger charge is -2.19. The zero-order chi connectivity index (χ0) is 14.0. The number of nitrogens with one attached hydrogen (secondary N) is 1. The minimum Gasteiger partial charge on any atom is -0.309 e. The van der Waals surface area contributed by atoms with E-state index in [4.69, 9.17) is 23.2 Å². The molecule has 2 rings (SSSR count). The molecule has 1 N–H and O–H groups in total. The van der Waals surface area contributed by atoms with Gasteiger partial charge in [0.2, 0.25) is 0 Å². The maximum Gasteiger partial charge on any atom is 0.146 e. The highest BCUT2D eigenvalue weighted by Gasteiger charge is 2.20. The Morgan fingerprint density at radius 1 is 1.00 bits per heavy atom. The second-order valence-electron chi connectivity index (χ2n) is 4.03. The fourth-order valence-electron chi connectivity index (χ4n) is 1.96. The Morgan fingerprint density at radius 2 is 1.74 bits per heavy atom. The highest BCUT2D eigenvalue weighted by atomic mass is 35.5. The van der Waals surface area contributed by atoms with Gasteiger partial charge in [0.15, 0.2) is 0 Å². The molecule has 0 aliphatic carbocycles. The number of rotatable bonds is 3. The van der Waals surface area contributed by atoms with Crippen LogP contribution in [-0.4, -0.2) is 7.05 Å². The van der Waals surface area contributed by atoms with Crippen LogP contribution in [0.3, 0.4) is 0 Å². The van der Waals surface area contributed by atoms with E-state index in [0.717, 1.165) is 0 Å². The molecule has 1 nitrogen and oxygen atoms in total. The third kappa shape index (κ3) is 2.89. The van der Waals surface area contributed by atoms with Crippen LogP contribution >= 0.6 is 23.2 Å². The van der Waals surface area contributed by atoms with Crippen molar-refractivity contribution in [1.29, 1.82) is 0 Å². The van der Waals surface area contributed by atoms with Crippen molar-refractivity contribution in [3.05, 3.63) is 69.2 Å². The molecule has 0 fully saturated rings. The average molecular weight is 302 g/mol. The van der Waals surface area contributed by atoms with Crippen molar-refractivity contribution in [2.45, 2.75) is 6.04 Å². The molecule has 2 aromatic rings. The summed E-state index contributed by atoms with van der Waals surface area (Å²) in [5.41, 5.74) is 0.785. The second-order valence-corrected chi connectivity index (χ2v) is 4.84. The maximum atomic E-state index is 14.0. The lowest BCUT2D eigenvalue weighted by atomic mass is 9.98. The molecule has 19 heavy (non-hydrogen) atoms. The predicted octanol–water partition coefficient (Wildman–Crippen LogP) is 4.58. The van der Waals surface area contributed by atoms with Gasteiger partial charge in [-0.2, -0.15) is 0 Å². The summed E-state index contributed by atoms with van der Waals surface area (Å²) in [6, 6.07) is 8.10. The first kappa shape index (κ1) is 14.3. The summed E-state index contributed by atoms with van der Waals surface area (Å²) in [7, 11) is 1.65. The lowest BCUT2D eigenvalue weighted by Crippen LogP contribution is -2.19. The van der Waals surface area contributed by atoms with E-state index in [9.17, 15) is 8.78 Å². The molecule has 0 aliphatic heterocycles. The van der Waals surface area contributed by atoms with Crippen molar-refractivity contribution in [3.8, 4) is 0 Å². The highest BCUT2D eigenvalue weighted by molar-refractivity contribution is 6.31. The Labute approximate surface area is 120 Å². The molecule has 100 valence electrons. The second kappa shape index (κ2) is 5.87. The van der Waals surface area contributed by atoms with Gasteiger partial charge in [-0.25, -0.2) is 8.78 Å². The molecule has 1 atom stereocenters. The first-order valence-electron chi connectivity index (χ1n) is 5.60. The Kier molecular flexibility index (Phi) is 4.40. The van der Waals surface area contributed by atoms with Crippen molar-refractivity contribution in [1.82, 2.24) is 5.32 Å². The smallest absolute Gasteiger partial charge is 0.146 e. The molecule has 0 saturated carbocycles. The van der Waals surface area contributed by atoms with E-state index < -0.39 is 17.7 Å². The SMILES string of the molecule is CNC(c1cc(F)ccc1Cl)c1cccc(Cl)c1F. The summed E-state index contributed by atoms with van der Waals surface area (Å²) in [6.07, 6.45) is 0. The first-order chi connectivity index (χ1) is 9.04. The summed E-state index contributed by atoms with van der Waals surface area (Å²) in [5, 5.41) is 3.30. The number of halogens is 4. The van der Waals surface area contributed by atoms with Crippen LogP contribution in [0.15, 0.2) is 36.4 Å². The summed E-state index contributed by atoms with van der Waals surface area (Å²) < 4.78 is 27.4. The van der Waals surface area contributed by atoms with Gasteiger partial charge in [0.1, 0.15) is 11.6 Å². The van der Waals surface area contributed by atoms with Crippen molar-refractivity contribution < 1.29 is 8.78 Å². The standard InChI is InChI=1S/C14H11Cl2F2N/c1-19-14(9-3-2-4-12(16)13(9)18)10-7-8(17)5-6-11(10)15/h2-7,14,19H,1H3. The maximum absolute atomic E-state index is 14.0. The highest BCUT2D eigenvalue weighted by Crippen LogP contribution is 2.32. The topological polar surface area (TPSA) is 12.0 Å². The van der Waals surface area contributed by atoms with Gasteiger partial charge in [-0.05, 0) is 36.9 Å². The molecule has 0 saturated heterocycles. The fourth-order valence-corrected chi connectivity index (χ4v) is 2.37. The third-order valence-corrected chi connectivity index (χ3v) is 3.49. The van der Waals surface area contributed by atoms with Crippen molar-refractivity contribution in [2.24, 2.45) is 0 Å². The zero-order valence-electron chi connectivity index (χ0n) is 10.1. The molecule has 0 spiro atoms. The normalized spacial score (nSPS) is 12.5. The van der Waals surface area contributed by atoms with Crippen molar-refractivity contribution in [3.63, 3.8) is 0 Å². The molecule has 0 radical (unpaired) electrons. The zero-order valence-corrected chi connectivity index (χ0v) is 11.6. The van der Waals surface area contributed by atoms with Crippen LogP contribution in [0.5, 0.6) is 0 Å². The molecule has 1 unspecified atom stereocenters. The quantitative estimate of drug-likeness (QED) is 0.875. The molecule has 2 aromatic carbocycles. The number of benzene rings is 2. The Balaban J connectivity index is 2.56. The molecule has 0 amide bonds. The summed E-state index contributed by atoms with van der Waals surface area (Å²) in [6.45, 7) is 0. The average Bonchev–Trinajstić information content (AvgIpc) is 2.39. The molecule has 5 heteroatoms. The van der Waals surface area contributed by atoms with Gasteiger partial charge >= 0.3 is 0 Å². The predicted molar refractivity (Wildman–Crippen MR) is 73.7 cm³/mol. The lowest BCUT2D eigenvalue weighted by molar-refractivity contribution is 0.572. The van der Waals surface area contributed by atoms with Crippen LogP contribution in [0.2, 0.25) is 10.0 Å². The largest absolute Gasteiger partial charge is 0.309 e. The van der Waals surface area contributed by atoms with Gasteiger partial charge < -0.3 is 5.32 Å². The van der Waals surface area contributed by atoms with Crippen LogP contribution in [0.1, 0.15) is 17.2 Å². The molecule has 0 bridgehead atoms. The summed E-state index contributed by atoms with van der Waals surface area (Å²) >= 11 is 11.8. The minimum atomic E-state index is -0.568. The number of hydrogen-bond acceptors (Lipinski definition) is 1. The van der Waals surface area contributed by atoms with E-state index >= 15 is 0 Å². The van der Waals surface area contributed by atoms with E-state index in [1.807, 2.05) is 0 Å². The van der Waals surface area contributed by atoms with Crippen molar-refractivity contribution >= 4 is 23.2 Å². The molecule has 0 heterocycles. The Bertz CT molecular complexity index is 600. The molecular weight excluding hydrogens is 291 g/mol. The molecule has 0 aliphatic rings. The van der Waals surface area contributed by atoms with Gasteiger partial charge in [-0.15, -0.1) is 0 Å². The van der Waals surface area contributed by atoms with Gasteiger partial charge in [-0.1, -0.05) is 35.3 Å². The van der Waals surface area contributed by atoms with Crippen molar-refractivity contribution in [2.75, 3.05) is 7.05 Å². The molecular formula is C14H11Cl2F2N. The number of hydrogen-bond donors (Lipinski definition) is 1. The molecule has 0 aromatic heterocycles. The third-order valence-electron chi connectivity index (χ3n) is 2.85. The van der Waals surface area contributed by atoms with Crippen LogP contribution in [0.4, 0.5) is 8.78 Å². The van der Waals surface area contributed by atoms with Crippen LogP contribution in [0.25, 0.3) is 0 Å². The Morgan fingerprint density at radius 3 is 2.42 bits per heavy atom. The van der Waals surface area contributed by atoms with Crippen LogP contribution in [-0.2, 0) is 0 Å². The van der Waals surface area contributed by atoms with Gasteiger partial charge in [0.05, 0.1) is 11.1 Å². The van der Waals surface area contributed by atoms with E-state index in [-0.39, 0.29) is 5.02 Å². The van der Waals surface area contributed by atoms with Gasteiger partial charge in [-0.3, -0.25) is 0 Å². The summed E-state index contributed by atoms with van der Waals surface area (Å²) in [5.74, 6) is -0.967. The van der Waals surface area contributed by atoms with E-state index in [2.05, 4.69) is 5.32 Å². The fraction of sp³-hybridized carbons (Fsp3) is 0.143. The van der Waals surface area contributed by atoms with E-state index in [1.54, 1.807) is 19.2 Å². The minimum absolute atomic E-state index is 0.0188. The van der Waals surface area contributed by atoms with E-state index in [0.29, 0.717) is 16.1 Å². The summed E-state index contributed by atoms with van der Waals surface area (Å²) in [4.78, 5) is 0. The van der Waals surface area contributed by atoms with Crippen LogP contribution < -0.4 is 5.32 Å². The van der Waals surface area contributed by atoms with Crippen LogP contribution in [0, 0.1) is 11.6 Å². The van der Waals surface area contributed by atoms with Gasteiger partial charge in [0, 0.05) is 10.6 Å². The monoisotopic (exact) mass is 301 g/mol. The Hall–Kier alpha value is -1.16. The van der Waals surface area contributed by atoms with Gasteiger partial charge in [0.25, 0.3) is 0 Å².